The second kappa shape index (κ2) is 6.53. The van der Waals surface area contributed by atoms with Gasteiger partial charge in [0.25, 0.3) is 0 Å². The van der Waals surface area contributed by atoms with Gasteiger partial charge in [0.15, 0.2) is 0 Å². The Morgan fingerprint density at radius 1 is 1.48 bits per heavy atom. The smallest absolute Gasteiger partial charge is 0.202 e. The summed E-state index contributed by atoms with van der Waals surface area (Å²) < 4.78 is 12.2. The minimum absolute atomic E-state index is 0.124. The molecular weight excluding hydrogens is 286 g/mol. The van der Waals surface area contributed by atoms with Crippen molar-refractivity contribution in [1.29, 1.82) is 0 Å². The van der Waals surface area contributed by atoms with Gasteiger partial charge >= 0.3 is 0 Å². The average molecular weight is 307 g/mol. The molecule has 21 heavy (non-hydrogen) atoms. The number of nitrogens with one attached hydrogen (secondary N) is 1. The number of anilines is 1. The van der Waals surface area contributed by atoms with Gasteiger partial charge in [-0.25, -0.2) is 4.98 Å². The van der Waals surface area contributed by atoms with E-state index in [0.29, 0.717) is 5.92 Å². The largest absolute Gasteiger partial charge is 0.372 e. The summed E-state index contributed by atoms with van der Waals surface area (Å²) in [7, 11) is 0. The maximum absolute atomic E-state index is 5.93. The molecule has 0 amide bonds. The van der Waals surface area contributed by atoms with Gasteiger partial charge in [-0.15, -0.1) is 0 Å². The Hall–Kier alpha value is -1.47. The third-order valence-electron chi connectivity index (χ3n) is 3.85. The summed E-state index contributed by atoms with van der Waals surface area (Å²) >= 11 is 1.43. The summed E-state index contributed by atoms with van der Waals surface area (Å²) in [6.07, 6.45) is 3.91. The maximum Gasteiger partial charge on any atom is 0.202 e. The molecule has 1 aliphatic heterocycles. The summed E-state index contributed by atoms with van der Waals surface area (Å²) in [6.45, 7) is 6.71. The molecule has 0 bridgehead atoms. The molecule has 1 N–H and O–H groups in total. The molecule has 6 nitrogen and oxygen atoms in total. The van der Waals surface area contributed by atoms with E-state index in [4.69, 9.17) is 4.74 Å². The highest BCUT2D eigenvalue weighted by Crippen LogP contribution is 2.34. The Kier molecular flexibility index (Phi) is 4.50. The highest BCUT2D eigenvalue weighted by molar-refractivity contribution is 7.09. The molecule has 1 fully saturated rings. The zero-order valence-electron chi connectivity index (χ0n) is 12.5. The Bertz CT molecular complexity index is 581. The molecule has 3 rings (SSSR count). The predicted octanol–water partition coefficient (Wildman–Crippen LogP) is 2.51. The van der Waals surface area contributed by atoms with E-state index in [1.165, 1.54) is 17.2 Å². The fourth-order valence-corrected chi connectivity index (χ4v) is 3.36. The highest BCUT2D eigenvalue weighted by atomic mass is 32.1. The Morgan fingerprint density at radius 2 is 2.38 bits per heavy atom. The number of hydrogen-bond acceptors (Lipinski definition) is 6. The molecule has 1 saturated heterocycles. The van der Waals surface area contributed by atoms with Crippen molar-refractivity contribution in [1.82, 2.24) is 19.1 Å². The Labute approximate surface area is 128 Å². The SMILES string of the molecule is CCc1nsc(NC[C@@H]2CCO[C@H]2c2ccnn2CC)n1. The molecule has 2 aromatic rings. The van der Waals surface area contributed by atoms with E-state index in [2.05, 4.69) is 39.7 Å². The molecule has 2 atom stereocenters. The standard InChI is InChI=1S/C14H21N5OS/c1-3-12-17-14(21-18-12)15-9-10-6-8-20-13(10)11-5-7-16-19(11)4-2/h5,7,10,13H,3-4,6,8-9H2,1-2H3,(H,15,17,18)/t10-,13+/m0/s1. The van der Waals surface area contributed by atoms with Crippen molar-refractivity contribution in [2.24, 2.45) is 5.92 Å². The summed E-state index contributed by atoms with van der Waals surface area (Å²) in [6, 6.07) is 2.06. The van der Waals surface area contributed by atoms with Gasteiger partial charge in [-0.1, -0.05) is 6.92 Å². The molecule has 1 aliphatic rings. The number of rotatable bonds is 6. The van der Waals surface area contributed by atoms with Crippen LogP contribution in [-0.2, 0) is 17.7 Å². The first-order chi connectivity index (χ1) is 10.3. The van der Waals surface area contributed by atoms with E-state index in [0.717, 1.165) is 43.5 Å². The lowest BCUT2D eigenvalue weighted by molar-refractivity contribution is 0.0858. The van der Waals surface area contributed by atoms with Crippen molar-refractivity contribution in [3.8, 4) is 0 Å². The third kappa shape index (κ3) is 3.08. The van der Waals surface area contributed by atoms with E-state index in [1.807, 2.05) is 10.9 Å². The lowest BCUT2D eigenvalue weighted by Crippen LogP contribution is -2.20. The normalized spacial score (nSPS) is 21.8. The van der Waals surface area contributed by atoms with Crippen molar-refractivity contribution < 1.29 is 4.74 Å². The molecule has 0 radical (unpaired) electrons. The van der Waals surface area contributed by atoms with Gasteiger partial charge in [-0.2, -0.15) is 9.47 Å². The fraction of sp³-hybridized carbons (Fsp3) is 0.643. The zero-order valence-corrected chi connectivity index (χ0v) is 13.3. The topological polar surface area (TPSA) is 64.9 Å². The Morgan fingerprint density at radius 3 is 3.14 bits per heavy atom. The van der Waals surface area contributed by atoms with Crippen LogP contribution in [0.5, 0.6) is 0 Å². The second-order valence-electron chi connectivity index (χ2n) is 5.16. The van der Waals surface area contributed by atoms with Crippen LogP contribution in [0.15, 0.2) is 12.3 Å². The van der Waals surface area contributed by atoms with Gasteiger partial charge in [-0.3, -0.25) is 4.68 Å². The number of nitrogens with zero attached hydrogens (tertiary/aromatic N) is 4. The van der Waals surface area contributed by atoms with Crippen LogP contribution in [0.4, 0.5) is 5.13 Å². The molecule has 0 unspecified atom stereocenters. The van der Waals surface area contributed by atoms with E-state index in [9.17, 15) is 0 Å². The average Bonchev–Trinajstić information content (AvgIpc) is 3.23. The number of hydrogen-bond donors (Lipinski definition) is 1. The zero-order chi connectivity index (χ0) is 14.7. The third-order valence-corrected chi connectivity index (χ3v) is 4.57. The van der Waals surface area contributed by atoms with Gasteiger partial charge < -0.3 is 10.1 Å². The Balaban J connectivity index is 1.64. The summed E-state index contributed by atoms with van der Waals surface area (Å²) in [5, 5.41) is 8.65. The second-order valence-corrected chi connectivity index (χ2v) is 5.91. The highest BCUT2D eigenvalue weighted by Gasteiger charge is 2.31. The molecule has 0 aromatic carbocycles. The molecule has 7 heteroatoms. The van der Waals surface area contributed by atoms with Crippen molar-refractivity contribution in [3.63, 3.8) is 0 Å². The quantitative estimate of drug-likeness (QED) is 0.888. The summed E-state index contributed by atoms with van der Waals surface area (Å²) in [5.74, 6) is 1.35. The molecular formula is C14H21N5OS. The lowest BCUT2D eigenvalue weighted by Gasteiger charge is -2.19. The lowest BCUT2D eigenvalue weighted by atomic mass is 9.99. The molecule has 0 spiro atoms. The first kappa shape index (κ1) is 14.5. The first-order valence-electron chi connectivity index (χ1n) is 7.51. The molecule has 3 heterocycles. The number of aromatic nitrogens is 4. The molecule has 2 aromatic heterocycles. The van der Waals surface area contributed by atoms with E-state index in [1.54, 1.807) is 0 Å². The van der Waals surface area contributed by atoms with Crippen LogP contribution in [0.2, 0.25) is 0 Å². The van der Waals surface area contributed by atoms with Gasteiger partial charge in [0, 0.05) is 49.8 Å². The van der Waals surface area contributed by atoms with Crippen LogP contribution < -0.4 is 5.32 Å². The van der Waals surface area contributed by atoms with Gasteiger partial charge in [0.05, 0.1) is 5.69 Å². The van der Waals surface area contributed by atoms with Crippen molar-refractivity contribution in [3.05, 3.63) is 23.8 Å². The first-order valence-corrected chi connectivity index (χ1v) is 8.29. The van der Waals surface area contributed by atoms with Crippen LogP contribution in [0, 0.1) is 5.92 Å². The minimum Gasteiger partial charge on any atom is -0.372 e. The van der Waals surface area contributed by atoms with Crippen LogP contribution in [0.25, 0.3) is 0 Å². The van der Waals surface area contributed by atoms with Gasteiger partial charge in [0.2, 0.25) is 5.13 Å². The van der Waals surface area contributed by atoms with Crippen LogP contribution in [0.3, 0.4) is 0 Å². The van der Waals surface area contributed by atoms with Gasteiger partial charge in [-0.05, 0) is 19.4 Å². The minimum atomic E-state index is 0.124. The van der Waals surface area contributed by atoms with Crippen LogP contribution in [-0.4, -0.2) is 32.3 Å². The van der Waals surface area contributed by atoms with E-state index < -0.39 is 0 Å². The van der Waals surface area contributed by atoms with E-state index in [-0.39, 0.29) is 6.10 Å². The van der Waals surface area contributed by atoms with Gasteiger partial charge in [0.1, 0.15) is 11.9 Å². The number of ether oxygens (including phenoxy) is 1. The van der Waals surface area contributed by atoms with E-state index >= 15 is 0 Å². The number of aryl methyl sites for hydroxylation is 2. The maximum atomic E-state index is 5.93. The fourth-order valence-electron chi connectivity index (χ4n) is 2.71. The van der Waals surface area contributed by atoms with Crippen LogP contribution in [0.1, 0.15) is 37.9 Å². The van der Waals surface area contributed by atoms with Crippen molar-refractivity contribution in [2.75, 3.05) is 18.5 Å². The molecule has 0 saturated carbocycles. The van der Waals surface area contributed by atoms with Crippen molar-refractivity contribution >= 4 is 16.7 Å². The molecule has 0 aliphatic carbocycles. The monoisotopic (exact) mass is 307 g/mol. The summed E-state index contributed by atoms with van der Waals surface area (Å²) in [4.78, 5) is 4.45. The molecule has 114 valence electrons. The van der Waals surface area contributed by atoms with Crippen molar-refractivity contribution in [2.45, 2.75) is 39.3 Å². The summed E-state index contributed by atoms with van der Waals surface area (Å²) in [5.41, 5.74) is 1.17. The van der Waals surface area contributed by atoms with Crippen LogP contribution >= 0.6 is 11.5 Å². The predicted molar refractivity (Wildman–Crippen MR) is 82.5 cm³/mol.